The van der Waals surface area contributed by atoms with Gasteiger partial charge in [0.25, 0.3) is 5.91 Å². The highest BCUT2D eigenvalue weighted by Gasteiger charge is 2.20. The molecule has 0 saturated heterocycles. The van der Waals surface area contributed by atoms with Crippen molar-refractivity contribution < 1.29 is 9.21 Å². The van der Waals surface area contributed by atoms with Crippen molar-refractivity contribution in [2.24, 2.45) is 0 Å². The largest absolute Gasteiger partial charge is 0.427 e. The number of anilines is 1. The number of aromatic nitrogens is 1. The summed E-state index contributed by atoms with van der Waals surface area (Å²) in [5.41, 5.74) is 7.68. The van der Waals surface area contributed by atoms with Gasteiger partial charge in [0.1, 0.15) is 0 Å². The van der Waals surface area contributed by atoms with Crippen molar-refractivity contribution in [2.45, 2.75) is 6.92 Å². The first-order valence-electron chi connectivity index (χ1n) is 5.58. The smallest absolute Gasteiger partial charge is 0.407 e. The average Bonchev–Trinajstić information content (AvgIpc) is 2.90. The summed E-state index contributed by atoms with van der Waals surface area (Å²) in [5, 5.41) is 1.81. The molecule has 0 atom stereocenters. The van der Waals surface area contributed by atoms with Crippen molar-refractivity contribution in [1.29, 1.82) is 0 Å². The molecule has 3 rings (SSSR count). The fourth-order valence-corrected chi connectivity index (χ4v) is 2.78. The minimum absolute atomic E-state index is 0.313. The summed E-state index contributed by atoms with van der Waals surface area (Å²) in [7, 11) is 0. The van der Waals surface area contributed by atoms with Crippen LogP contribution < -0.4 is 11.5 Å². The Labute approximate surface area is 111 Å². The topological polar surface area (TPSA) is 78.2 Å². The number of rotatable bonds is 1. The van der Waals surface area contributed by atoms with Gasteiger partial charge in [0.05, 0.1) is 10.4 Å². The van der Waals surface area contributed by atoms with Crippen LogP contribution in [-0.2, 0) is 0 Å². The number of hydrogen-bond donors (Lipinski definition) is 1. The van der Waals surface area contributed by atoms with Crippen molar-refractivity contribution in [3.05, 3.63) is 50.6 Å². The summed E-state index contributed by atoms with van der Waals surface area (Å²) < 4.78 is 6.09. The zero-order valence-corrected chi connectivity index (χ0v) is 10.9. The molecule has 3 aromatic rings. The molecule has 2 aromatic heterocycles. The number of nitrogens with zero attached hydrogens (tertiary/aromatic N) is 1. The highest BCUT2D eigenvalue weighted by Crippen LogP contribution is 2.21. The molecule has 2 heterocycles. The maximum atomic E-state index is 12.4. The third kappa shape index (κ3) is 1.77. The first-order valence-corrected chi connectivity index (χ1v) is 6.46. The number of hydrogen-bond acceptors (Lipinski definition) is 5. The predicted octanol–water partition coefficient (Wildman–Crippen LogP) is 2.24. The third-order valence-electron chi connectivity index (χ3n) is 2.86. The van der Waals surface area contributed by atoms with Crippen LogP contribution in [0.4, 0.5) is 5.69 Å². The van der Waals surface area contributed by atoms with Crippen LogP contribution >= 0.6 is 11.3 Å². The van der Waals surface area contributed by atoms with Crippen LogP contribution in [0.1, 0.15) is 15.2 Å². The van der Waals surface area contributed by atoms with Crippen LogP contribution in [0.2, 0.25) is 0 Å². The first-order chi connectivity index (χ1) is 9.08. The van der Waals surface area contributed by atoms with Gasteiger partial charge in [-0.3, -0.25) is 4.79 Å². The Hall–Kier alpha value is -2.34. The zero-order valence-electron chi connectivity index (χ0n) is 10.0. The van der Waals surface area contributed by atoms with E-state index >= 15 is 0 Å². The van der Waals surface area contributed by atoms with E-state index in [-0.39, 0.29) is 5.91 Å². The lowest BCUT2D eigenvalue weighted by Gasteiger charge is -2.00. The Bertz CT molecular complexity index is 841. The summed E-state index contributed by atoms with van der Waals surface area (Å²) in [5.74, 6) is -1.07. The van der Waals surface area contributed by atoms with E-state index in [0.29, 0.717) is 21.7 Å². The summed E-state index contributed by atoms with van der Waals surface area (Å²) in [4.78, 5) is 24.8. The molecule has 0 aliphatic rings. The third-order valence-corrected chi connectivity index (χ3v) is 3.87. The standard InChI is InChI=1S/C13H10N2O3S/c1-7-4-5-19-11(7)12(16)15-9-3-2-8(14)6-10(9)18-13(15)17/h2-6H,14H2,1H3. The van der Waals surface area contributed by atoms with E-state index in [4.69, 9.17) is 10.2 Å². The van der Waals surface area contributed by atoms with Gasteiger partial charge in [0.2, 0.25) is 0 Å². The molecular weight excluding hydrogens is 264 g/mol. The molecular formula is C13H10N2O3S. The van der Waals surface area contributed by atoms with E-state index in [0.717, 1.165) is 10.1 Å². The fraction of sp³-hybridized carbons (Fsp3) is 0.0769. The second-order valence-corrected chi connectivity index (χ2v) is 5.08. The quantitative estimate of drug-likeness (QED) is 0.690. The number of fused-ring (bicyclic) bond motifs is 1. The molecule has 96 valence electrons. The molecule has 2 N–H and O–H groups in total. The monoisotopic (exact) mass is 274 g/mol. The van der Waals surface area contributed by atoms with E-state index in [2.05, 4.69) is 0 Å². The van der Waals surface area contributed by atoms with Crippen molar-refractivity contribution in [3.8, 4) is 0 Å². The van der Waals surface area contributed by atoms with Crippen LogP contribution in [-0.4, -0.2) is 10.5 Å². The molecule has 5 nitrogen and oxygen atoms in total. The number of oxazole rings is 1. The Balaban J connectivity index is 2.26. The van der Waals surface area contributed by atoms with Gasteiger partial charge < -0.3 is 10.2 Å². The number of nitrogen functional groups attached to an aromatic ring is 1. The van der Waals surface area contributed by atoms with Crippen molar-refractivity contribution in [1.82, 2.24) is 4.57 Å². The molecule has 1 aromatic carbocycles. The van der Waals surface area contributed by atoms with Gasteiger partial charge in [-0.15, -0.1) is 11.3 Å². The number of nitrogens with two attached hydrogens (primary N) is 1. The van der Waals surface area contributed by atoms with E-state index in [1.165, 1.54) is 17.4 Å². The van der Waals surface area contributed by atoms with Crippen molar-refractivity contribution >= 4 is 34.0 Å². The van der Waals surface area contributed by atoms with Gasteiger partial charge >= 0.3 is 5.76 Å². The Morgan fingerprint density at radius 3 is 2.84 bits per heavy atom. The summed E-state index contributed by atoms with van der Waals surface area (Å²) in [6, 6.07) is 6.60. The fourth-order valence-electron chi connectivity index (χ4n) is 1.92. The number of benzene rings is 1. The number of carbonyl (C=O) groups is 1. The summed E-state index contributed by atoms with van der Waals surface area (Å²) in [6.45, 7) is 1.83. The van der Waals surface area contributed by atoms with E-state index in [1.54, 1.807) is 12.1 Å². The molecule has 0 unspecified atom stereocenters. The lowest BCUT2D eigenvalue weighted by molar-refractivity contribution is 0.0960. The molecule has 0 amide bonds. The highest BCUT2D eigenvalue weighted by atomic mass is 32.1. The molecule has 0 bridgehead atoms. The number of thiophene rings is 1. The van der Waals surface area contributed by atoms with E-state index in [9.17, 15) is 9.59 Å². The molecule has 0 spiro atoms. The minimum Gasteiger partial charge on any atom is -0.407 e. The second kappa shape index (κ2) is 4.10. The minimum atomic E-state index is -0.696. The molecule has 0 aliphatic carbocycles. The maximum Gasteiger partial charge on any atom is 0.427 e. The lowest BCUT2D eigenvalue weighted by atomic mass is 10.2. The molecule has 0 saturated carbocycles. The summed E-state index contributed by atoms with van der Waals surface area (Å²) >= 11 is 1.30. The lowest BCUT2D eigenvalue weighted by Crippen LogP contribution is -2.22. The van der Waals surface area contributed by atoms with Crippen molar-refractivity contribution in [3.63, 3.8) is 0 Å². The second-order valence-electron chi connectivity index (χ2n) is 4.17. The van der Waals surface area contributed by atoms with Gasteiger partial charge in [-0.25, -0.2) is 9.36 Å². The van der Waals surface area contributed by atoms with Crippen LogP contribution in [0.3, 0.4) is 0 Å². The highest BCUT2D eigenvalue weighted by molar-refractivity contribution is 7.12. The van der Waals surface area contributed by atoms with Gasteiger partial charge in [0.15, 0.2) is 5.58 Å². The number of aryl methyl sites for hydroxylation is 1. The van der Waals surface area contributed by atoms with Crippen LogP contribution in [0.5, 0.6) is 0 Å². The maximum absolute atomic E-state index is 12.4. The zero-order chi connectivity index (χ0) is 13.6. The van der Waals surface area contributed by atoms with Gasteiger partial charge in [-0.2, -0.15) is 0 Å². The van der Waals surface area contributed by atoms with Crippen LogP contribution in [0.25, 0.3) is 11.1 Å². The van der Waals surface area contributed by atoms with Crippen molar-refractivity contribution in [2.75, 3.05) is 5.73 Å². The molecule has 0 radical (unpaired) electrons. The SMILES string of the molecule is Cc1ccsc1C(=O)n1c(=O)oc2cc(N)ccc21. The van der Waals surface area contributed by atoms with E-state index < -0.39 is 5.76 Å². The molecule has 19 heavy (non-hydrogen) atoms. The van der Waals surface area contributed by atoms with E-state index in [1.807, 2.05) is 18.4 Å². The Morgan fingerprint density at radius 1 is 1.37 bits per heavy atom. The predicted molar refractivity (Wildman–Crippen MR) is 73.7 cm³/mol. The Kier molecular flexibility index (Phi) is 2.53. The van der Waals surface area contributed by atoms with Gasteiger partial charge in [0, 0.05) is 11.8 Å². The van der Waals surface area contributed by atoms with Crippen LogP contribution in [0.15, 0.2) is 38.9 Å². The van der Waals surface area contributed by atoms with Gasteiger partial charge in [-0.05, 0) is 36.1 Å². The van der Waals surface area contributed by atoms with Gasteiger partial charge in [-0.1, -0.05) is 0 Å². The molecule has 0 aliphatic heterocycles. The number of carbonyl (C=O) groups excluding carboxylic acids is 1. The van der Waals surface area contributed by atoms with Crippen LogP contribution in [0, 0.1) is 6.92 Å². The molecule has 6 heteroatoms. The average molecular weight is 274 g/mol. The Morgan fingerprint density at radius 2 is 2.16 bits per heavy atom. The first kappa shape index (κ1) is 11.7. The normalized spacial score (nSPS) is 11.0. The summed E-state index contributed by atoms with van der Waals surface area (Å²) in [6.07, 6.45) is 0. The molecule has 0 fully saturated rings.